The fourth-order valence-electron chi connectivity index (χ4n) is 1.28. The standard InChI is InChI=1S/C10H17N3OS/c1-7-5-15-6-9(7)4-12-8(2)3-10(11)13-14/h5-6,8,12,14H,3-4H2,1-2H3,(H2,11,13). The molecule has 0 aliphatic rings. The van der Waals surface area contributed by atoms with Gasteiger partial charge >= 0.3 is 0 Å². The second-order valence-corrected chi connectivity index (χ2v) is 4.40. The molecule has 84 valence electrons. The Kier molecular flexibility index (Phi) is 4.58. The zero-order chi connectivity index (χ0) is 11.3. The summed E-state index contributed by atoms with van der Waals surface area (Å²) in [4.78, 5) is 0. The van der Waals surface area contributed by atoms with Crippen LogP contribution in [-0.2, 0) is 6.54 Å². The van der Waals surface area contributed by atoms with E-state index in [0.717, 1.165) is 6.54 Å². The van der Waals surface area contributed by atoms with Crippen LogP contribution in [0.2, 0.25) is 0 Å². The van der Waals surface area contributed by atoms with Crippen molar-refractivity contribution >= 4 is 17.2 Å². The van der Waals surface area contributed by atoms with Gasteiger partial charge in [0.2, 0.25) is 0 Å². The molecule has 1 aromatic rings. The van der Waals surface area contributed by atoms with Gasteiger partial charge in [0.15, 0.2) is 0 Å². The van der Waals surface area contributed by atoms with Gasteiger partial charge in [-0.05, 0) is 35.7 Å². The lowest BCUT2D eigenvalue weighted by molar-refractivity contribution is 0.316. The minimum absolute atomic E-state index is 0.209. The zero-order valence-electron chi connectivity index (χ0n) is 9.03. The molecule has 4 N–H and O–H groups in total. The van der Waals surface area contributed by atoms with Crippen molar-refractivity contribution in [3.05, 3.63) is 21.9 Å². The van der Waals surface area contributed by atoms with Gasteiger partial charge in [-0.3, -0.25) is 0 Å². The number of hydrogen-bond donors (Lipinski definition) is 3. The van der Waals surface area contributed by atoms with Crippen molar-refractivity contribution in [1.29, 1.82) is 0 Å². The fourth-order valence-corrected chi connectivity index (χ4v) is 2.14. The average Bonchev–Trinajstić information content (AvgIpc) is 2.61. The summed E-state index contributed by atoms with van der Waals surface area (Å²) in [6.07, 6.45) is 0.555. The van der Waals surface area contributed by atoms with Gasteiger partial charge in [0.05, 0.1) is 0 Å². The van der Waals surface area contributed by atoms with Crippen molar-refractivity contribution in [2.45, 2.75) is 32.9 Å². The van der Waals surface area contributed by atoms with E-state index in [2.05, 4.69) is 28.2 Å². The number of nitrogens with one attached hydrogen (secondary N) is 1. The van der Waals surface area contributed by atoms with E-state index in [9.17, 15) is 0 Å². The third-order valence-electron chi connectivity index (χ3n) is 2.25. The van der Waals surface area contributed by atoms with Gasteiger partial charge in [0.1, 0.15) is 5.84 Å². The van der Waals surface area contributed by atoms with Gasteiger partial charge in [-0.15, -0.1) is 0 Å². The Labute approximate surface area is 93.8 Å². The summed E-state index contributed by atoms with van der Waals surface area (Å²) >= 11 is 1.71. The van der Waals surface area contributed by atoms with Crippen LogP contribution in [0.4, 0.5) is 0 Å². The van der Waals surface area contributed by atoms with E-state index < -0.39 is 0 Å². The van der Waals surface area contributed by atoms with Crippen LogP contribution in [0.15, 0.2) is 15.9 Å². The number of rotatable bonds is 5. The molecule has 1 rings (SSSR count). The van der Waals surface area contributed by atoms with Gasteiger partial charge in [0.25, 0.3) is 0 Å². The lowest BCUT2D eigenvalue weighted by Gasteiger charge is -2.12. The molecule has 0 amide bonds. The highest BCUT2D eigenvalue weighted by Crippen LogP contribution is 2.13. The highest BCUT2D eigenvalue weighted by atomic mass is 32.1. The lowest BCUT2D eigenvalue weighted by Crippen LogP contribution is -2.30. The van der Waals surface area contributed by atoms with Crippen molar-refractivity contribution < 1.29 is 5.21 Å². The summed E-state index contributed by atoms with van der Waals surface area (Å²) in [6, 6.07) is 0.209. The molecule has 0 bridgehead atoms. The molecule has 1 aromatic heterocycles. The largest absolute Gasteiger partial charge is 0.409 e. The molecule has 0 aliphatic heterocycles. The molecule has 0 spiro atoms. The Morgan fingerprint density at radius 3 is 2.93 bits per heavy atom. The first-order valence-electron chi connectivity index (χ1n) is 4.85. The Morgan fingerprint density at radius 2 is 2.40 bits per heavy atom. The number of thiophene rings is 1. The molecule has 4 nitrogen and oxygen atoms in total. The average molecular weight is 227 g/mol. The van der Waals surface area contributed by atoms with Crippen LogP contribution in [0.5, 0.6) is 0 Å². The molecule has 0 radical (unpaired) electrons. The molecule has 0 fully saturated rings. The number of hydrogen-bond acceptors (Lipinski definition) is 4. The summed E-state index contributed by atoms with van der Waals surface area (Å²) in [6.45, 7) is 4.94. The first-order valence-corrected chi connectivity index (χ1v) is 5.79. The third-order valence-corrected chi connectivity index (χ3v) is 3.16. The van der Waals surface area contributed by atoms with Crippen LogP contribution < -0.4 is 11.1 Å². The highest BCUT2D eigenvalue weighted by molar-refractivity contribution is 7.08. The van der Waals surface area contributed by atoms with Crippen LogP contribution in [0.3, 0.4) is 0 Å². The summed E-state index contributed by atoms with van der Waals surface area (Å²) in [7, 11) is 0. The van der Waals surface area contributed by atoms with Gasteiger partial charge in [0, 0.05) is 19.0 Å². The van der Waals surface area contributed by atoms with Crippen molar-refractivity contribution in [2.24, 2.45) is 10.9 Å². The van der Waals surface area contributed by atoms with Crippen LogP contribution in [-0.4, -0.2) is 17.1 Å². The predicted molar refractivity (Wildman–Crippen MR) is 63.4 cm³/mol. The minimum Gasteiger partial charge on any atom is -0.409 e. The zero-order valence-corrected chi connectivity index (χ0v) is 9.84. The number of amidine groups is 1. The van der Waals surface area contributed by atoms with Gasteiger partial charge in [-0.1, -0.05) is 5.16 Å². The molecule has 0 saturated carbocycles. The molecule has 0 saturated heterocycles. The summed E-state index contributed by atoms with van der Waals surface area (Å²) < 4.78 is 0. The van der Waals surface area contributed by atoms with Crippen molar-refractivity contribution in [3.63, 3.8) is 0 Å². The van der Waals surface area contributed by atoms with Crippen molar-refractivity contribution in [1.82, 2.24) is 5.32 Å². The van der Waals surface area contributed by atoms with Crippen LogP contribution >= 0.6 is 11.3 Å². The number of nitrogens with zero attached hydrogens (tertiary/aromatic N) is 1. The molecule has 5 heteroatoms. The molecular formula is C10H17N3OS. The minimum atomic E-state index is 0.209. The summed E-state index contributed by atoms with van der Waals surface area (Å²) in [5.74, 6) is 0.261. The Balaban J connectivity index is 2.34. The van der Waals surface area contributed by atoms with E-state index in [1.807, 2.05) is 6.92 Å². The van der Waals surface area contributed by atoms with Crippen LogP contribution in [0.25, 0.3) is 0 Å². The molecule has 0 aromatic carbocycles. The Hall–Kier alpha value is -1.07. The monoisotopic (exact) mass is 227 g/mol. The van der Waals surface area contributed by atoms with E-state index in [1.165, 1.54) is 11.1 Å². The van der Waals surface area contributed by atoms with Crippen LogP contribution in [0.1, 0.15) is 24.5 Å². The smallest absolute Gasteiger partial charge is 0.140 e. The molecule has 15 heavy (non-hydrogen) atoms. The van der Waals surface area contributed by atoms with E-state index in [1.54, 1.807) is 11.3 Å². The third kappa shape index (κ3) is 3.89. The Morgan fingerprint density at radius 1 is 1.67 bits per heavy atom. The topological polar surface area (TPSA) is 70.6 Å². The normalized spacial score (nSPS) is 14.1. The quantitative estimate of drug-likeness (QED) is 0.310. The second-order valence-electron chi connectivity index (χ2n) is 3.66. The SMILES string of the molecule is Cc1cscc1CNC(C)CC(N)=NO. The Bertz CT molecular complexity index is 335. The van der Waals surface area contributed by atoms with E-state index >= 15 is 0 Å². The van der Waals surface area contributed by atoms with Gasteiger partial charge in [-0.2, -0.15) is 11.3 Å². The maximum Gasteiger partial charge on any atom is 0.140 e. The molecule has 1 atom stereocenters. The van der Waals surface area contributed by atoms with Crippen molar-refractivity contribution in [2.75, 3.05) is 0 Å². The maximum absolute atomic E-state index is 8.42. The highest BCUT2D eigenvalue weighted by Gasteiger charge is 2.05. The first kappa shape index (κ1) is 12.0. The number of nitrogens with two attached hydrogens (primary N) is 1. The van der Waals surface area contributed by atoms with Gasteiger partial charge in [-0.25, -0.2) is 0 Å². The summed E-state index contributed by atoms with van der Waals surface area (Å²) in [5.41, 5.74) is 8.04. The number of aryl methyl sites for hydroxylation is 1. The van der Waals surface area contributed by atoms with E-state index in [-0.39, 0.29) is 11.9 Å². The van der Waals surface area contributed by atoms with E-state index in [0.29, 0.717) is 6.42 Å². The number of oxime groups is 1. The molecule has 1 heterocycles. The molecular weight excluding hydrogens is 210 g/mol. The van der Waals surface area contributed by atoms with Crippen LogP contribution in [0, 0.1) is 6.92 Å². The first-order chi connectivity index (χ1) is 7.13. The molecule has 0 aliphatic carbocycles. The molecule has 1 unspecified atom stereocenters. The van der Waals surface area contributed by atoms with Crippen molar-refractivity contribution in [3.8, 4) is 0 Å². The van der Waals surface area contributed by atoms with E-state index in [4.69, 9.17) is 10.9 Å². The second kappa shape index (κ2) is 5.72. The maximum atomic E-state index is 8.42. The lowest BCUT2D eigenvalue weighted by atomic mass is 10.2. The predicted octanol–water partition coefficient (Wildman–Crippen LogP) is 1.67. The van der Waals surface area contributed by atoms with Gasteiger partial charge < -0.3 is 16.3 Å². The summed E-state index contributed by atoms with van der Waals surface area (Å²) in [5, 5.41) is 19.0. The fraction of sp³-hybridized carbons (Fsp3) is 0.500.